The van der Waals surface area contributed by atoms with Gasteiger partial charge in [-0.25, -0.2) is 0 Å². The normalized spacial score (nSPS) is 14.2. The lowest BCUT2D eigenvalue weighted by molar-refractivity contribution is -0.122. The molecule has 0 saturated carbocycles. The predicted octanol–water partition coefficient (Wildman–Crippen LogP) is 1.32. The van der Waals surface area contributed by atoms with E-state index in [2.05, 4.69) is 17.3 Å². The summed E-state index contributed by atoms with van der Waals surface area (Å²) >= 11 is 0. The number of nitrogens with zero attached hydrogens (tertiary/aromatic N) is 2. The van der Waals surface area contributed by atoms with Gasteiger partial charge in [0.1, 0.15) is 5.60 Å². The first-order valence-electron chi connectivity index (χ1n) is 6.44. The van der Waals surface area contributed by atoms with E-state index < -0.39 is 5.60 Å². The first-order chi connectivity index (χ1) is 8.45. The summed E-state index contributed by atoms with van der Waals surface area (Å²) in [6, 6.07) is 0. The van der Waals surface area contributed by atoms with Crippen LogP contribution in [0.4, 0.5) is 0 Å². The summed E-state index contributed by atoms with van der Waals surface area (Å²) in [5.74, 6) is -0.00684. The van der Waals surface area contributed by atoms with E-state index in [0.717, 1.165) is 19.3 Å². The Morgan fingerprint density at radius 3 is 2.83 bits per heavy atom. The van der Waals surface area contributed by atoms with Gasteiger partial charge in [-0.2, -0.15) is 5.10 Å². The molecular formula is C13H23N3O2. The second-order valence-corrected chi connectivity index (χ2v) is 4.91. The van der Waals surface area contributed by atoms with Crippen molar-refractivity contribution >= 4 is 5.91 Å². The number of aryl methyl sites for hydroxylation is 1. The van der Waals surface area contributed by atoms with Gasteiger partial charge in [-0.15, -0.1) is 0 Å². The van der Waals surface area contributed by atoms with Gasteiger partial charge < -0.3 is 10.4 Å². The predicted molar refractivity (Wildman–Crippen MR) is 69.9 cm³/mol. The average molecular weight is 253 g/mol. The van der Waals surface area contributed by atoms with Crippen molar-refractivity contribution in [3.63, 3.8) is 0 Å². The molecule has 0 bridgehead atoms. The Balaban J connectivity index is 2.39. The van der Waals surface area contributed by atoms with Crippen molar-refractivity contribution in [2.45, 2.75) is 45.1 Å². The van der Waals surface area contributed by atoms with Crippen LogP contribution >= 0.6 is 0 Å². The molecule has 5 heteroatoms. The molecule has 5 nitrogen and oxygen atoms in total. The molecule has 0 radical (unpaired) electrons. The zero-order chi connectivity index (χ0) is 13.6. The van der Waals surface area contributed by atoms with Crippen LogP contribution in [0.3, 0.4) is 0 Å². The molecule has 0 saturated heterocycles. The first-order valence-corrected chi connectivity index (χ1v) is 6.44. The van der Waals surface area contributed by atoms with Gasteiger partial charge in [0.25, 0.3) is 0 Å². The van der Waals surface area contributed by atoms with Gasteiger partial charge in [0, 0.05) is 25.2 Å². The van der Waals surface area contributed by atoms with E-state index in [1.165, 1.54) is 0 Å². The molecule has 1 rings (SSSR count). The molecule has 0 fully saturated rings. The molecular weight excluding hydrogens is 230 g/mol. The van der Waals surface area contributed by atoms with E-state index in [4.69, 9.17) is 0 Å². The van der Waals surface area contributed by atoms with Crippen LogP contribution in [0.1, 0.15) is 45.1 Å². The molecule has 0 aliphatic heterocycles. The zero-order valence-corrected chi connectivity index (χ0v) is 11.4. The molecule has 2 N–H and O–H groups in total. The lowest BCUT2D eigenvalue weighted by atomic mass is 9.99. The Bertz CT molecular complexity index is 385. The first kappa shape index (κ1) is 14.7. The van der Waals surface area contributed by atoms with Gasteiger partial charge in [0.05, 0.1) is 12.7 Å². The second-order valence-electron chi connectivity index (χ2n) is 4.91. The van der Waals surface area contributed by atoms with Crippen LogP contribution in [-0.2, 0) is 17.4 Å². The number of nitrogens with one attached hydrogen (secondary N) is 1. The topological polar surface area (TPSA) is 67.2 Å². The van der Waals surface area contributed by atoms with Crippen molar-refractivity contribution in [2.75, 3.05) is 6.54 Å². The fourth-order valence-electron chi connectivity index (χ4n) is 1.70. The number of aliphatic hydroxyl groups is 1. The van der Waals surface area contributed by atoms with Crippen molar-refractivity contribution in [2.24, 2.45) is 7.05 Å². The molecule has 0 aliphatic rings. The van der Waals surface area contributed by atoms with Crippen LogP contribution in [0.25, 0.3) is 0 Å². The van der Waals surface area contributed by atoms with Gasteiger partial charge in [0.15, 0.2) is 0 Å². The summed E-state index contributed by atoms with van der Waals surface area (Å²) in [7, 11) is 1.79. The smallest absolute Gasteiger partial charge is 0.220 e. The van der Waals surface area contributed by atoms with Gasteiger partial charge >= 0.3 is 0 Å². The fourth-order valence-corrected chi connectivity index (χ4v) is 1.70. The highest BCUT2D eigenvalue weighted by atomic mass is 16.3. The van der Waals surface area contributed by atoms with E-state index in [9.17, 15) is 9.90 Å². The molecule has 1 unspecified atom stereocenters. The minimum absolute atomic E-state index is 0.00684. The Morgan fingerprint density at radius 2 is 2.28 bits per heavy atom. The van der Waals surface area contributed by atoms with E-state index in [1.807, 2.05) is 0 Å². The van der Waals surface area contributed by atoms with E-state index in [-0.39, 0.29) is 12.5 Å². The molecule has 1 heterocycles. The number of carbonyl (C=O) groups excluding carboxylic acids is 1. The molecule has 102 valence electrons. The monoisotopic (exact) mass is 253 g/mol. The van der Waals surface area contributed by atoms with Gasteiger partial charge in [-0.1, -0.05) is 19.8 Å². The van der Waals surface area contributed by atoms with Crippen molar-refractivity contribution in [1.82, 2.24) is 15.1 Å². The third-order valence-electron chi connectivity index (χ3n) is 2.96. The lowest BCUT2D eigenvalue weighted by Gasteiger charge is -2.22. The summed E-state index contributed by atoms with van der Waals surface area (Å²) in [4.78, 5) is 11.6. The third kappa shape index (κ3) is 4.49. The molecule has 0 aromatic carbocycles. The summed E-state index contributed by atoms with van der Waals surface area (Å²) in [6.07, 6.45) is 6.95. The Kier molecular flexibility index (Phi) is 5.34. The number of unbranched alkanes of at least 4 members (excludes halogenated alkanes) is 2. The maximum Gasteiger partial charge on any atom is 0.220 e. The number of hydrogen-bond acceptors (Lipinski definition) is 3. The average Bonchev–Trinajstić information content (AvgIpc) is 2.75. The fraction of sp³-hybridized carbons (Fsp3) is 0.692. The Labute approximate surface area is 108 Å². The number of hydrogen-bond donors (Lipinski definition) is 2. The maximum atomic E-state index is 11.6. The Morgan fingerprint density at radius 1 is 1.56 bits per heavy atom. The number of carbonyl (C=O) groups is 1. The van der Waals surface area contributed by atoms with Gasteiger partial charge in [0.2, 0.25) is 5.91 Å². The maximum absolute atomic E-state index is 11.6. The molecule has 1 amide bonds. The standard InChI is InChI=1S/C13H23N3O2/c1-4-5-6-7-12(17)14-10-13(2,18)11-8-15-16(3)9-11/h8-9,18H,4-7,10H2,1-3H3,(H,14,17). The van der Waals surface area contributed by atoms with Crippen LogP contribution in [0.15, 0.2) is 12.4 Å². The van der Waals surface area contributed by atoms with Crippen molar-refractivity contribution < 1.29 is 9.90 Å². The second kappa shape index (κ2) is 6.54. The quantitative estimate of drug-likeness (QED) is 0.720. The van der Waals surface area contributed by atoms with Crippen molar-refractivity contribution in [3.05, 3.63) is 18.0 Å². The minimum atomic E-state index is -1.07. The molecule has 0 spiro atoms. The number of rotatable bonds is 7. The molecule has 0 aliphatic carbocycles. The lowest BCUT2D eigenvalue weighted by Crippen LogP contribution is -2.38. The number of aromatic nitrogens is 2. The van der Waals surface area contributed by atoms with E-state index in [1.54, 1.807) is 31.0 Å². The van der Waals surface area contributed by atoms with Crippen LogP contribution in [0, 0.1) is 0 Å². The van der Waals surface area contributed by atoms with Gasteiger partial charge in [-0.3, -0.25) is 9.48 Å². The van der Waals surface area contributed by atoms with Crippen molar-refractivity contribution in [1.29, 1.82) is 0 Å². The van der Waals surface area contributed by atoms with Crippen LogP contribution in [-0.4, -0.2) is 27.3 Å². The minimum Gasteiger partial charge on any atom is -0.383 e. The summed E-state index contributed by atoms with van der Waals surface area (Å²) in [5.41, 5.74) is -0.367. The largest absolute Gasteiger partial charge is 0.383 e. The van der Waals surface area contributed by atoms with Crippen LogP contribution in [0.2, 0.25) is 0 Å². The number of amides is 1. The summed E-state index contributed by atoms with van der Waals surface area (Å²) < 4.78 is 1.63. The van der Waals surface area contributed by atoms with Crippen molar-refractivity contribution in [3.8, 4) is 0 Å². The zero-order valence-electron chi connectivity index (χ0n) is 11.4. The summed E-state index contributed by atoms with van der Waals surface area (Å²) in [6.45, 7) is 3.99. The Hall–Kier alpha value is -1.36. The summed E-state index contributed by atoms with van der Waals surface area (Å²) in [5, 5.41) is 17.0. The SMILES string of the molecule is CCCCCC(=O)NCC(C)(O)c1cnn(C)c1. The third-order valence-corrected chi connectivity index (χ3v) is 2.96. The molecule has 18 heavy (non-hydrogen) atoms. The highest BCUT2D eigenvalue weighted by molar-refractivity contribution is 5.75. The molecule has 1 aromatic rings. The van der Waals surface area contributed by atoms with Crippen LogP contribution in [0.5, 0.6) is 0 Å². The molecule has 1 atom stereocenters. The van der Waals surface area contributed by atoms with Crippen LogP contribution < -0.4 is 5.32 Å². The molecule has 1 aromatic heterocycles. The van der Waals surface area contributed by atoms with E-state index in [0.29, 0.717) is 12.0 Å². The highest BCUT2D eigenvalue weighted by Crippen LogP contribution is 2.18. The van der Waals surface area contributed by atoms with E-state index >= 15 is 0 Å². The highest BCUT2D eigenvalue weighted by Gasteiger charge is 2.25. The van der Waals surface area contributed by atoms with Gasteiger partial charge in [-0.05, 0) is 13.3 Å².